The summed E-state index contributed by atoms with van der Waals surface area (Å²) in [5.74, 6) is -0.394. The number of amides is 1. The van der Waals surface area contributed by atoms with Crippen LogP contribution in [0.1, 0.15) is 29.2 Å². The highest BCUT2D eigenvalue weighted by molar-refractivity contribution is 7.88. The molecule has 1 fully saturated rings. The number of piperazine rings is 1. The normalized spacial score (nSPS) is 18.8. The Hall–Kier alpha value is -2.83. The van der Waals surface area contributed by atoms with Gasteiger partial charge in [-0.2, -0.15) is 21.6 Å². The average Bonchev–Trinajstić information content (AvgIpc) is 2.87. The monoisotopic (exact) mass is 541 g/mol. The SMILES string of the molecule is CNC(=O)Cc1ccc2c(c1)CCO[C@H]2CCN1CCN(c2ccc(OS(=O)(=O)C(F)(F)F)cc2)CC1. The number of halogens is 3. The largest absolute Gasteiger partial charge is 0.534 e. The number of carbonyl (C=O) groups is 1. The van der Waals surface area contributed by atoms with E-state index < -0.39 is 15.6 Å². The van der Waals surface area contributed by atoms with E-state index in [4.69, 9.17) is 4.74 Å². The molecule has 0 radical (unpaired) electrons. The summed E-state index contributed by atoms with van der Waals surface area (Å²) in [5, 5.41) is 2.65. The van der Waals surface area contributed by atoms with Crippen LogP contribution in [0.25, 0.3) is 0 Å². The molecule has 0 aromatic heterocycles. The molecule has 2 heterocycles. The van der Waals surface area contributed by atoms with Crippen molar-refractivity contribution in [2.24, 2.45) is 0 Å². The molecule has 0 unspecified atom stereocenters. The van der Waals surface area contributed by atoms with Gasteiger partial charge in [0.15, 0.2) is 0 Å². The molecule has 2 aromatic carbocycles. The molecule has 8 nitrogen and oxygen atoms in total. The Bertz CT molecular complexity index is 1200. The van der Waals surface area contributed by atoms with E-state index in [0.717, 1.165) is 56.8 Å². The van der Waals surface area contributed by atoms with E-state index in [2.05, 4.69) is 31.4 Å². The van der Waals surface area contributed by atoms with Crippen molar-refractivity contribution in [3.8, 4) is 5.75 Å². The summed E-state index contributed by atoms with van der Waals surface area (Å²) in [6, 6.07) is 11.7. The van der Waals surface area contributed by atoms with Crippen LogP contribution in [0.4, 0.5) is 18.9 Å². The number of rotatable bonds is 8. The first kappa shape index (κ1) is 27.2. The summed E-state index contributed by atoms with van der Waals surface area (Å²) in [4.78, 5) is 16.1. The van der Waals surface area contributed by atoms with Crippen LogP contribution in [-0.2, 0) is 32.5 Å². The molecule has 1 atom stereocenters. The Balaban J connectivity index is 1.27. The average molecular weight is 542 g/mol. The van der Waals surface area contributed by atoms with Crippen LogP contribution in [-0.4, -0.2) is 71.1 Å². The van der Waals surface area contributed by atoms with Crippen molar-refractivity contribution in [1.82, 2.24) is 10.2 Å². The number of hydrogen-bond donors (Lipinski definition) is 1. The smallest absolute Gasteiger partial charge is 0.376 e. The van der Waals surface area contributed by atoms with Crippen LogP contribution in [0.15, 0.2) is 42.5 Å². The molecule has 0 aliphatic carbocycles. The van der Waals surface area contributed by atoms with E-state index in [1.165, 1.54) is 23.3 Å². The number of ether oxygens (including phenoxy) is 1. The number of fused-ring (bicyclic) bond motifs is 1. The standard InChI is InChI=1S/C25H30F3N3O5S/c1-29-24(32)17-18-2-7-22-19(16-18)9-15-35-23(22)8-10-30-11-13-31(14-12-30)20-3-5-21(6-4-20)36-37(33,34)25(26,27)28/h2-7,16,23H,8-15,17H2,1H3,(H,29,32)/t23-/m0/s1. The molecular formula is C25H30F3N3O5S. The zero-order chi connectivity index (χ0) is 26.6. The number of hydrogen-bond acceptors (Lipinski definition) is 7. The third-order valence-corrected chi connectivity index (χ3v) is 7.64. The number of likely N-dealkylation sites (N-methyl/N-ethyl adjacent to an activating group) is 1. The van der Waals surface area contributed by atoms with Gasteiger partial charge in [-0.25, -0.2) is 0 Å². The second-order valence-corrected chi connectivity index (χ2v) is 10.6. The van der Waals surface area contributed by atoms with Gasteiger partial charge < -0.3 is 19.1 Å². The van der Waals surface area contributed by atoms with Gasteiger partial charge in [0.1, 0.15) is 5.75 Å². The Morgan fingerprint density at radius 2 is 1.81 bits per heavy atom. The van der Waals surface area contributed by atoms with Crippen molar-refractivity contribution >= 4 is 21.7 Å². The minimum absolute atomic E-state index is 0.0105. The van der Waals surface area contributed by atoms with Gasteiger partial charge in [0.25, 0.3) is 0 Å². The predicted molar refractivity (Wildman–Crippen MR) is 132 cm³/mol. The minimum Gasteiger partial charge on any atom is -0.376 e. The van der Waals surface area contributed by atoms with Crippen LogP contribution < -0.4 is 14.4 Å². The van der Waals surface area contributed by atoms with Crippen molar-refractivity contribution < 1.29 is 35.3 Å². The Morgan fingerprint density at radius 1 is 1.11 bits per heavy atom. The molecule has 4 rings (SSSR count). The number of benzene rings is 2. The van der Waals surface area contributed by atoms with E-state index >= 15 is 0 Å². The van der Waals surface area contributed by atoms with Gasteiger partial charge >= 0.3 is 15.6 Å². The fraction of sp³-hybridized carbons (Fsp3) is 0.480. The fourth-order valence-electron chi connectivity index (χ4n) is 4.63. The highest BCUT2D eigenvalue weighted by atomic mass is 32.2. The molecule has 1 N–H and O–H groups in total. The highest BCUT2D eigenvalue weighted by Crippen LogP contribution is 2.31. The lowest BCUT2D eigenvalue weighted by Crippen LogP contribution is -2.46. The zero-order valence-electron chi connectivity index (χ0n) is 20.5. The number of carbonyl (C=O) groups excluding carboxylic acids is 1. The third kappa shape index (κ3) is 6.74. The maximum absolute atomic E-state index is 12.5. The van der Waals surface area contributed by atoms with E-state index in [1.807, 2.05) is 6.07 Å². The third-order valence-electron chi connectivity index (χ3n) is 6.66. The van der Waals surface area contributed by atoms with Crippen molar-refractivity contribution in [3.63, 3.8) is 0 Å². The molecule has 2 aliphatic rings. The Morgan fingerprint density at radius 3 is 2.46 bits per heavy atom. The van der Waals surface area contributed by atoms with Crippen LogP contribution in [0.5, 0.6) is 5.75 Å². The van der Waals surface area contributed by atoms with E-state index in [0.29, 0.717) is 13.0 Å². The summed E-state index contributed by atoms with van der Waals surface area (Å²) in [6.45, 7) is 4.59. The maximum atomic E-state index is 12.5. The number of anilines is 1. The summed E-state index contributed by atoms with van der Waals surface area (Å²) in [5.41, 5.74) is -1.27. The first-order valence-electron chi connectivity index (χ1n) is 12.1. The topological polar surface area (TPSA) is 88.2 Å². The van der Waals surface area contributed by atoms with Crippen molar-refractivity contribution in [2.45, 2.75) is 30.9 Å². The molecule has 202 valence electrons. The lowest BCUT2D eigenvalue weighted by molar-refractivity contribution is -0.119. The van der Waals surface area contributed by atoms with Gasteiger partial charge in [-0.15, -0.1) is 0 Å². The van der Waals surface area contributed by atoms with Gasteiger partial charge in [0, 0.05) is 45.5 Å². The molecule has 12 heteroatoms. The molecule has 1 amide bonds. The summed E-state index contributed by atoms with van der Waals surface area (Å²) in [6.07, 6.45) is 2.05. The van der Waals surface area contributed by atoms with E-state index in [1.54, 1.807) is 19.2 Å². The summed E-state index contributed by atoms with van der Waals surface area (Å²) >= 11 is 0. The van der Waals surface area contributed by atoms with Gasteiger partial charge in [-0.1, -0.05) is 18.2 Å². The molecule has 0 spiro atoms. The Labute approximate surface area is 214 Å². The van der Waals surface area contributed by atoms with Crippen LogP contribution in [0.3, 0.4) is 0 Å². The van der Waals surface area contributed by atoms with Crippen LogP contribution >= 0.6 is 0 Å². The molecule has 2 aromatic rings. The number of alkyl halides is 3. The number of nitrogens with zero attached hydrogens (tertiary/aromatic N) is 2. The van der Waals surface area contributed by atoms with Gasteiger partial charge in [-0.05, 0) is 53.8 Å². The fourth-order valence-corrected chi connectivity index (χ4v) is 5.09. The maximum Gasteiger partial charge on any atom is 0.534 e. The lowest BCUT2D eigenvalue weighted by Gasteiger charge is -2.37. The zero-order valence-corrected chi connectivity index (χ0v) is 21.3. The molecule has 2 aliphatic heterocycles. The van der Waals surface area contributed by atoms with Crippen molar-refractivity contribution in [1.29, 1.82) is 0 Å². The molecular weight excluding hydrogens is 511 g/mol. The number of nitrogens with one attached hydrogen (secondary N) is 1. The van der Waals surface area contributed by atoms with Crippen LogP contribution in [0, 0.1) is 0 Å². The molecule has 37 heavy (non-hydrogen) atoms. The van der Waals surface area contributed by atoms with E-state index in [-0.39, 0.29) is 17.8 Å². The van der Waals surface area contributed by atoms with Crippen molar-refractivity contribution in [2.75, 3.05) is 51.3 Å². The van der Waals surface area contributed by atoms with Gasteiger partial charge in [-0.3, -0.25) is 9.69 Å². The first-order valence-corrected chi connectivity index (χ1v) is 13.5. The molecule has 0 saturated carbocycles. The lowest BCUT2D eigenvalue weighted by atomic mass is 9.93. The second-order valence-electron chi connectivity index (χ2n) is 9.09. The summed E-state index contributed by atoms with van der Waals surface area (Å²) < 4.78 is 70.1. The predicted octanol–water partition coefficient (Wildman–Crippen LogP) is 3.03. The molecule has 1 saturated heterocycles. The van der Waals surface area contributed by atoms with Gasteiger partial charge in [0.05, 0.1) is 19.1 Å². The second kappa shape index (κ2) is 11.3. The first-order chi connectivity index (χ1) is 17.6. The van der Waals surface area contributed by atoms with Crippen molar-refractivity contribution in [3.05, 3.63) is 59.2 Å². The highest BCUT2D eigenvalue weighted by Gasteiger charge is 2.48. The Kier molecular flexibility index (Phi) is 8.29. The molecule has 0 bridgehead atoms. The quantitative estimate of drug-likeness (QED) is 0.406. The summed E-state index contributed by atoms with van der Waals surface area (Å²) in [7, 11) is -4.05. The van der Waals surface area contributed by atoms with E-state index in [9.17, 15) is 26.4 Å². The minimum atomic E-state index is -5.69. The van der Waals surface area contributed by atoms with Crippen LogP contribution in [0.2, 0.25) is 0 Å². The van der Waals surface area contributed by atoms with Gasteiger partial charge in [0.2, 0.25) is 5.91 Å².